The van der Waals surface area contributed by atoms with Crippen molar-refractivity contribution in [3.63, 3.8) is 0 Å². The lowest BCUT2D eigenvalue weighted by atomic mass is 9.92. The third-order valence-electron chi connectivity index (χ3n) is 5.79. The summed E-state index contributed by atoms with van der Waals surface area (Å²) >= 11 is 0. The SMILES string of the molecule is C.[C-]#[N+]c1cc2c(cc1C)nc(NC(=O)C[C@](C)(O)c1ccc(F)cc1)n2C1CCC1. The van der Waals surface area contributed by atoms with Crippen LogP contribution in [0.15, 0.2) is 36.4 Å². The molecule has 31 heavy (non-hydrogen) atoms. The molecule has 1 heterocycles. The Labute approximate surface area is 181 Å². The van der Waals surface area contributed by atoms with Gasteiger partial charge in [0.1, 0.15) is 5.82 Å². The first-order chi connectivity index (χ1) is 14.3. The van der Waals surface area contributed by atoms with Crippen molar-refractivity contribution >= 4 is 28.6 Å². The summed E-state index contributed by atoms with van der Waals surface area (Å²) in [4.78, 5) is 21.0. The summed E-state index contributed by atoms with van der Waals surface area (Å²) in [6.45, 7) is 10.8. The van der Waals surface area contributed by atoms with Gasteiger partial charge in [-0.15, -0.1) is 0 Å². The van der Waals surface area contributed by atoms with E-state index in [-0.39, 0.29) is 25.8 Å². The molecule has 0 aliphatic heterocycles. The smallest absolute Gasteiger partial charge is 0.229 e. The molecule has 0 spiro atoms. The van der Waals surface area contributed by atoms with Crippen molar-refractivity contribution in [2.45, 2.75) is 58.6 Å². The molecule has 2 aromatic carbocycles. The Kier molecular flexibility index (Phi) is 6.14. The maximum absolute atomic E-state index is 13.2. The molecule has 0 radical (unpaired) electrons. The number of aliphatic hydroxyl groups is 1. The zero-order valence-electron chi connectivity index (χ0n) is 16.9. The molecule has 0 saturated heterocycles. The summed E-state index contributed by atoms with van der Waals surface area (Å²) in [6.07, 6.45) is 2.89. The van der Waals surface area contributed by atoms with Crippen molar-refractivity contribution in [1.82, 2.24) is 9.55 Å². The number of aryl methyl sites for hydroxylation is 1. The van der Waals surface area contributed by atoms with Crippen LogP contribution in [-0.2, 0) is 10.4 Å². The molecule has 2 N–H and O–H groups in total. The number of halogens is 1. The van der Waals surface area contributed by atoms with Crippen molar-refractivity contribution < 1.29 is 14.3 Å². The number of anilines is 1. The van der Waals surface area contributed by atoms with E-state index >= 15 is 0 Å². The summed E-state index contributed by atoms with van der Waals surface area (Å²) in [5, 5.41) is 13.6. The van der Waals surface area contributed by atoms with Gasteiger partial charge in [0.05, 0.1) is 29.6 Å². The summed E-state index contributed by atoms with van der Waals surface area (Å²) in [7, 11) is 0. The number of nitrogens with one attached hydrogen (secondary N) is 1. The number of rotatable bonds is 5. The van der Waals surface area contributed by atoms with Gasteiger partial charge < -0.3 is 9.67 Å². The highest BCUT2D eigenvalue weighted by molar-refractivity contribution is 5.93. The van der Waals surface area contributed by atoms with E-state index < -0.39 is 11.4 Å². The van der Waals surface area contributed by atoms with E-state index in [1.807, 2.05) is 23.6 Å². The van der Waals surface area contributed by atoms with Crippen LogP contribution in [0.25, 0.3) is 15.9 Å². The number of benzene rings is 2. The second kappa shape index (κ2) is 8.48. The maximum Gasteiger partial charge on any atom is 0.229 e. The number of carbonyl (C=O) groups excluding carboxylic acids is 1. The van der Waals surface area contributed by atoms with Crippen LogP contribution in [-0.4, -0.2) is 20.6 Å². The van der Waals surface area contributed by atoms with Crippen molar-refractivity contribution in [3.05, 3.63) is 64.8 Å². The number of hydrogen-bond donors (Lipinski definition) is 2. The number of fused-ring (bicyclic) bond motifs is 1. The van der Waals surface area contributed by atoms with Gasteiger partial charge in [0.2, 0.25) is 11.9 Å². The lowest BCUT2D eigenvalue weighted by molar-refractivity contribution is -0.120. The van der Waals surface area contributed by atoms with E-state index in [0.29, 0.717) is 17.2 Å². The van der Waals surface area contributed by atoms with Crippen LogP contribution in [0.4, 0.5) is 16.0 Å². The highest BCUT2D eigenvalue weighted by Gasteiger charge is 2.29. The zero-order valence-corrected chi connectivity index (χ0v) is 16.9. The molecule has 6 nitrogen and oxygen atoms in total. The average Bonchev–Trinajstić information content (AvgIpc) is 2.96. The third kappa shape index (κ3) is 4.30. The molecule has 1 aromatic heterocycles. The fourth-order valence-electron chi connectivity index (χ4n) is 3.85. The molecular weight excluding hydrogens is 395 g/mol. The van der Waals surface area contributed by atoms with Gasteiger partial charge in [0.15, 0.2) is 5.69 Å². The number of imidazole rings is 1. The molecule has 162 valence electrons. The number of amides is 1. The molecule has 1 saturated carbocycles. The fraction of sp³-hybridized carbons (Fsp3) is 0.375. The van der Waals surface area contributed by atoms with E-state index in [9.17, 15) is 14.3 Å². The van der Waals surface area contributed by atoms with Gasteiger partial charge in [-0.3, -0.25) is 10.1 Å². The van der Waals surface area contributed by atoms with E-state index in [0.717, 1.165) is 35.9 Å². The Bertz CT molecular complexity index is 1160. The number of carbonyl (C=O) groups is 1. The second-order valence-corrected chi connectivity index (χ2v) is 8.14. The fourth-order valence-corrected chi connectivity index (χ4v) is 3.85. The second-order valence-electron chi connectivity index (χ2n) is 8.14. The number of hydrogen-bond acceptors (Lipinski definition) is 3. The Morgan fingerprint density at radius 2 is 2.03 bits per heavy atom. The molecule has 0 unspecified atom stereocenters. The van der Waals surface area contributed by atoms with Crippen molar-refractivity contribution in [2.24, 2.45) is 0 Å². The summed E-state index contributed by atoms with van der Waals surface area (Å²) in [5.74, 6) is -0.360. The molecule has 0 bridgehead atoms. The topological polar surface area (TPSA) is 71.5 Å². The molecule has 3 aromatic rings. The van der Waals surface area contributed by atoms with Gasteiger partial charge in [-0.05, 0) is 68.5 Å². The van der Waals surface area contributed by atoms with Gasteiger partial charge in [0, 0.05) is 6.04 Å². The predicted octanol–water partition coefficient (Wildman–Crippen LogP) is 5.63. The van der Waals surface area contributed by atoms with Crippen molar-refractivity contribution in [1.29, 1.82) is 0 Å². The molecule has 1 atom stereocenters. The van der Waals surface area contributed by atoms with E-state index in [2.05, 4.69) is 15.1 Å². The highest BCUT2D eigenvalue weighted by atomic mass is 19.1. The minimum absolute atomic E-state index is 0. The predicted molar refractivity (Wildman–Crippen MR) is 120 cm³/mol. The van der Waals surface area contributed by atoms with Gasteiger partial charge in [-0.25, -0.2) is 14.2 Å². The molecule has 1 aliphatic carbocycles. The highest BCUT2D eigenvalue weighted by Crippen LogP contribution is 2.39. The van der Waals surface area contributed by atoms with Crippen molar-refractivity contribution in [2.75, 3.05) is 5.32 Å². The van der Waals surface area contributed by atoms with Gasteiger partial charge in [0.25, 0.3) is 0 Å². The first kappa shape index (κ1) is 22.4. The van der Waals surface area contributed by atoms with E-state index in [4.69, 9.17) is 6.57 Å². The zero-order chi connectivity index (χ0) is 21.5. The Balaban J connectivity index is 0.00000272. The molecule has 1 aliphatic rings. The minimum atomic E-state index is -1.45. The van der Waals surface area contributed by atoms with Crippen LogP contribution < -0.4 is 5.32 Å². The van der Waals surface area contributed by atoms with Crippen LogP contribution in [0, 0.1) is 19.3 Å². The van der Waals surface area contributed by atoms with Gasteiger partial charge in [-0.2, -0.15) is 0 Å². The molecular formula is C24H27FN4O2. The molecule has 7 heteroatoms. The Hall–Kier alpha value is -3.24. The standard InChI is InChI=1S/C23H23FN4O2.CH4/c1-14-11-19-20(12-18(14)25-3)28(17-5-4-6-17)22(26-19)27-21(29)13-23(2,30)15-7-9-16(24)10-8-15;/h7-12,17,30H,4-6,13H2,1-2H3,(H,26,27,29);1H4/t23-;/m0./s1. The lowest BCUT2D eigenvalue weighted by Crippen LogP contribution is -2.30. The summed E-state index contributed by atoms with van der Waals surface area (Å²) in [5.41, 5.74) is 1.99. The van der Waals surface area contributed by atoms with E-state index in [1.165, 1.54) is 31.2 Å². The lowest BCUT2D eigenvalue weighted by Gasteiger charge is -2.29. The number of nitrogens with zero attached hydrogens (tertiary/aromatic N) is 3. The van der Waals surface area contributed by atoms with E-state index in [1.54, 1.807) is 0 Å². The maximum atomic E-state index is 13.2. The monoisotopic (exact) mass is 422 g/mol. The summed E-state index contributed by atoms with van der Waals surface area (Å²) < 4.78 is 15.2. The quantitative estimate of drug-likeness (QED) is 0.523. The number of aromatic nitrogens is 2. The van der Waals surface area contributed by atoms with Crippen LogP contribution in [0.2, 0.25) is 0 Å². The van der Waals surface area contributed by atoms with Crippen molar-refractivity contribution in [3.8, 4) is 0 Å². The van der Waals surface area contributed by atoms with Gasteiger partial charge >= 0.3 is 0 Å². The first-order valence-electron chi connectivity index (χ1n) is 9.97. The molecule has 1 amide bonds. The van der Waals surface area contributed by atoms with Crippen LogP contribution in [0.3, 0.4) is 0 Å². The summed E-state index contributed by atoms with van der Waals surface area (Å²) in [6, 6.07) is 9.38. The van der Waals surface area contributed by atoms with Gasteiger partial charge in [-0.1, -0.05) is 19.6 Å². The van der Waals surface area contributed by atoms with Crippen LogP contribution in [0.1, 0.15) is 57.2 Å². The van der Waals surface area contributed by atoms with Crippen LogP contribution >= 0.6 is 0 Å². The molecule has 1 fully saturated rings. The normalized spacial score (nSPS) is 15.5. The van der Waals surface area contributed by atoms with Crippen LogP contribution in [0.5, 0.6) is 0 Å². The Morgan fingerprint density at radius 1 is 1.35 bits per heavy atom. The average molecular weight is 423 g/mol. The third-order valence-corrected chi connectivity index (χ3v) is 5.79. The molecule has 4 rings (SSSR count). The Morgan fingerprint density at radius 3 is 2.61 bits per heavy atom. The minimum Gasteiger partial charge on any atom is -0.385 e. The largest absolute Gasteiger partial charge is 0.385 e. The first-order valence-corrected chi connectivity index (χ1v) is 9.97.